The molecule has 0 spiro atoms. The van der Waals surface area contributed by atoms with E-state index in [1.807, 2.05) is 6.92 Å². The topological polar surface area (TPSA) is 135 Å². The number of hydrogen-bond donors (Lipinski definition) is 2. The number of rotatable bonds is 9. The van der Waals surface area contributed by atoms with Crippen molar-refractivity contribution in [1.82, 2.24) is 9.55 Å². The largest absolute Gasteiger partial charge is 0.383 e. The third kappa shape index (κ3) is 5.28. The molecular weight excluding hydrogens is 456 g/mol. The third-order valence-electron chi connectivity index (χ3n) is 5.44. The summed E-state index contributed by atoms with van der Waals surface area (Å²) in [5, 5.41) is 0. The van der Waals surface area contributed by atoms with Crippen molar-refractivity contribution >= 4 is 27.2 Å². The van der Waals surface area contributed by atoms with Crippen molar-refractivity contribution in [1.29, 1.82) is 0 Å². The van der Waals surface area contributed by atoms with Gasteiger partial charge in [0.15, 0.2) is 15.5 Å². The summed E-state index contributed by atoms with van der Waals surface area (Å²) in [6.07, 6.45) is 1.51. The zero-order valence-electron chi connectivity index (χ0n) is 19.2. The van der Waals surface area contributed by atoms with Gasteiger partial charge in [-0.3, -0.25) is 19.1 Å². The van der Waals surface area contributed by atoms with E-state index in [1.54, 1.807) is 37.3 Å². The number of nitrogens with two attached hydrogens (primary N) is 1. The van der Waals surface area contributed by atoms with Crippen LogP contribution in [0.3, 0.4) is 0 Å². The Morgan fingerprint density at radius 2 is 1.68 bits per heavy atom. The molecule has 3 N–H and O–H groups in total. The maximum absolute atomic E-state index is 13.2. The van der Waals surface area contributed by atoms with Crippen LogP contribution in [0, 0.1) is 0 Å². The monoisotopic (exact) mass is 484 g/mol. The van der Waals surface area contributed by atoms with E-state index in [1.165, 1.54) is 33.7 Å². The van der Waals surface area contributed by atoms with Crippen molar-refractivity contribution in [3.63, 3.8) is 0 Å². The number of unbranched alkanes of at least 4 members (excludes halogenated alkanes) is 1. The predicted octanol–water partition coefficient (Wildman–Crippen LogP) is 2.56. The number of carbonyl (C=O) groups is 1. The first-order valence-electron chi connectivity index (χ1n) is 11.0. The van der Waals surface area contributed by atoms with Gasteiger partial charge in [-0.05, 0) is 43.2 Å². The first-order valence-corrected chi connectivity index (χ1v) is 12.7. The highest BCUT2D eigenvalue weighted by Crippen LogP contribution is 2.21. The molecule has 0 radical (unpaired) electrons. The van der Waals surface area contributed by atoms with Gasteiger partial charge in [-0.15, -0.1) is 0 Å². The molecule has 2 aromatic carbocycles. The number of nitrogens with one attached hydrogen (secondary N) is 1. The molecule has 1 aromatic heterocycles. The minimum Gasteiger partial charge on any atom is -0.383 e. The van der Waals surface area contributed by atoms with Crippen molar-refractivity contribution in [2.24, 2.45) is 0 Å². The van der Waals surface area contributed by atoms with Gasteiger partial charge in [-0.25, -0.2) is 13.2 Å². The molecule has 1 heterocycles. The maximum atomic E-state index is 13.2. The summed E-state index contributed by atoms with van der Waals surface area (Å²) in [5.41, 5.74) is 5.49. The van der Waals surface area contributed by atoms with E-state index in [0.717, 1.165) is 6.42 Å². The zero-order valence-corrected chi connectivity index (χ0v) is 20.0. The molecular formula is C24H28N4O5S. The Balaban J connectivity index is 1.89. The molecule has 0 saturated carbocycles. The first-order chi connectivity index (χ1) is 16.2. The number of amides is 1. The fourth-order valence-corrected chi connectivity index (χ4v) is 4.98. The average molecular weight is 485 g/mol. The van der Waals surface area contributed by atoms with Crippen LogP contribution in [0.15, 0.2) is 69.1 Å². The van der Waals surface area contributed by atoms with Gasteiger partial charge in [-0.2, -0.15) is 0 Å². The van der Waals surface area contributed by atoms with Crippen molar-refractivity contribution < 1.29 is 13.2 Å². The van der Waals surface area contributed by atoms with Crippen LogP contribution in [0.1, 0.15) is 42.6 Å². The molecule has 1 amide bonds. The molecule has 0 aliphatic rings. The quantitative estimate of drug-likeness (QED) is 0.479. The number of benzene rings is 2. The second-order valence-electron chi connectivity index (χ2n) is 7.82. The second kappa shape index (κ2) is 10.5. The lowest BCUT2D eigenvalue weighted by Crippen LogP contribution is -2.41. The van der Waals surface area contributed by atoms with Crippen LogP contribution < -0.4 is 21.9 Å². The zero-order chi connectivity index (χ0) is 24.9. The van der Waals surface area contributed by atoms with E-state index in [2.05, 4.69) is 4.98 Å². The Morgan fingerprint density at radius 1 is 1.03 bits per heavy atom. The van der Waals surface area contributed by atoms with E-state index < -0.39 is 27.0 Å². The Bertz CT molecular complexity index is 1380. The van der Waals surface area contributed by atoms with Gasteiger partial charge in [0.1, 0.15) is 5.82 Å². The van der Waals surface area contributed by atoms with Gasteiger partial charge in [0.05, 0.1) is 10.6 Å². The molecule has 0 fully saturated rings. The van der Waals surface area contributed by atoms with E-state index in [9.17, 15) is 22.8 Å². The standard InChI is InChI=1S/C24H28N4O5S/c1-3-5-15-28-21(25)20(22(29)26-24(28)31)27(4-2)23(30)18-13-11-17(12-14-18)16-34(32,33)19-9-7-6-8-10-19/h6-14H,3-5,15-16,25H2,1-2H3,(H,26,29,31). The summed E-state index contributed by atoms with van der Waals surface area (Å²) in [4.78, 5) is 41.7. The highest BCUT2D eigenvalue weighted by atomic mass is 32.2. The predicted molar refractivity (Wildman–Crippen MR) is 132 cm³/mol. The fourth-order valence-electron chi connectivity index (χ4n) is 3.61. The van der Waals surface area contributed by atoms with Gasteiger partial charge < -0.3 is 10.6 Å². The molecule has 3 aromatic rings. The summed E-state index contributed by atoms with van der Waals surface area (Å²) in [6, 6.07) is 14.3. The lowest BCUT2D eigenvalue weighted by molar-refractivity contribution is 0.0988. The number of nitrogen functional groups attached to an aromatic ring is 1. The second-order valence-corrected chi connectivity index (χ2v) is 9.81. The molecule has 180 valence electrons. The smallest absolute Gasteiger partial charge is 0.330 e. The molecule has 0 bridgehead atoms. The minimum absolute atomic E-state index is 0.0667. The number of H-pyrrole nitrogens is 1. The molecule has 0 saturated heterocycles. The molecule has 0 atom stereocenters. The van der Waals surface area contributed by atoms with Crippen molar-refractivity contribution in [2.45, 2.75) is 43.9 Å². The van der Waals surface area contributed by atoms with Crippen LogP contribution in [0.5, 0.6) is 0 Å². The SMILES string of the molecule is CCCCn1c(N)c(N(CC)C(=O)c2ccc(CS(=O)(=O)c3ccccc3)cc2)c(=O)[nH]c1=O. The van der Waals surface area contributed by atoms with Crippen LogP contribution >= 0.6 is 0 Å². The van der Waals surface area contributed by atoms with E-state index in [0.29, 0.717) is 18.5 Å². The summed E-state index contributed by atoms with van der Waals surface area (Å²) >= 11 is 0. The Hall–Kier alpha value is -3.66. The number of aromatic nitrogens is 2. The Labute approximate surface area is 197 Å². The van der Waals surface area contributed by atoms with E-state index in [4.69, 9.17) is 5.73 Å². The van der Waals surface area contributed by atoms with Gasteiger partial charge in [-0.1, -0.05) is 43.7 Å². The number of carbonyl (C=O) groups excluding carboxylic acids is 1. The van der Waals surface area contributed by atoms with E-state index >= 15 is 0 Å². The van der Waals surface area contributed by atoms with Gasteiger partial charge >= 0.3 is 5.69 Å². The molecule has 9 nitrogen and oxygen atoms in total. The lowest BCUT2D eigenvalue weighted by Gasteiger charge is -2.23. The maximum Gasteiger partial charge on any atom is 0.330 e. The Kier molecular flexibility index (Phi) is 7.72. The summed E-state index contributed by atoms with van der Waals surface area (Å²) in [5.74, 6) is -0.765. The molecule has 0 aliphatic carbocycles. The van der Waals surface area contributed by atoms with Crippen molar-refractivity contribution in [3.05, 3.63) is 86.6 Å². The number of nitrogens with zero attached hydrogens (tertiary/aromatic N) is 2. The van der Waals surface area contributed by atoms with Crippen LogP contribution in [-0.2, 0) is 22.1 Å². The normalized spacial score (nSPS) is 11.4. The minimum atomic E-state index is -3.53. The average Bonchev–Trinajstić information content (AvgIpc) is 2.82. The summed E-state index contributed by atoms with van der Waals surface area (Å²) in [7, 11) is -3.53. The number of sulfone groups is 1. The van der Waals surface area contributed by atoms with Crippen LogP contribution in [0.25, 0.3) is 0 Å². The summed E-state index contributed by atoms with van der Waals surface area (Å²) < 4.78 is 26.5. The Morgan fingerprint density at radius 3 is 2.26 bits per heavy atom. The van der Waals surface area contributed by atoms with E-state index in [-0.39, 0.29) is 34.3 Å². The molecule has 3 rings (SSSR count). The molecule has 0 aliphatic heterocycles. The molecule has 0 unspecified atom stereocenters. The van der Waals surface area contributed by atoms with Crippen LogP contribution in [-0.4, -0.2) is 30.4 Å². The first kappa shape index (κ1) is 25.0. The van der Waals surface area contributed by atoms with Gasteiger partial charge in [0, 0.05) is 18.7 Å². The molecule has 10 heteroatoms. The van der Waals surface area contributed by atoms with Gasteiger partial charge in [0.2, 0.25) is 0 Å². The third-order valence-corrected chi connectivity index (χ3v) is 7.14. The van der Waals surface area contributed by atoms with Crippen molar-refractivity contribution in [2.75, 3.05) is 17.2 Å². The van der Waals surface area contributed by atoms with Gasteiger partial charge in [0.25, 0.3) is 11.5 Å². The highest BCUT2D eigenvalue weighted by molar-refractivity contribution is 7.90. The summed E-state index contributed by atoms with van der Waals surface area (Å²) in [6.45, 7) is 4.12. The van der Waals surface area contributed by atoms with Crippen molar-refractivity contribution in [3.8, 4) is 0 Å². The number of hydrogen-bond acceptors (Lipinski definition) is 6. The highest BCUT2D eigenvalue weighted by Gasteiger charge is 2.24. The molecule has 34 heavy (non-hydrogen) atoms. The number of aromatic amines is 1. The fraction of sp³-hybridized carbons (Fsp3) is 0.292. The van der Waals surface area contributed by atoms with Crippen LogP contribution in [0.4, 0.5) is 11.5 Å². The van der Waals surface area contributed by atoms with Crippen LogP contribution in [0.2, 0.25) is 0 Å². The lowest BCUT2D eigenvalue weighted by atomic mass is 10.1. The number of anilines is 2.